The Morgan fingerprint density at radius 2 is 1.68 bits per heavy atom. The van der Waals surface area contributed by atoms with Crippen LogP contribution in [0.2, 0.25) is 0 Å². The molecule has 4 unspecified atom stereocenters. The molecule has 0 radical (unpaired) electrons. The highest BCUT2D eigenvalue weighted by atomic mass is 16.4. The number of benzene rings is 1. The quantitative estimate of drug-likeness (QED) is 0.145. The van der Waals surface area contributed by atoms with E-state index >= 15 is 0 Å². The van der Waals surface area contributed by atoms with Gasteiger partial charge in [-0.3, -0.25) is 24.0 Å². The largest absolute Gasteiger partial charge is 0.480 e. The molecular weight excluding hydrogens is 522 g/mol. The van der Waals surface area contributed by atoms with Gasteiger partial charge in [0.1, 0.15) is 18.1 Å². The van der Waals surface area contributed by atoms with Gasteiger partial charge >= 0.3 is 5.97 Å². The molecule has 0 aliphatic carbocycles. The third-order valence-corrected chi connectivity index (χ3v) is 6.88. The highest BCUT2D eigenvalue weighted by molar-refractivity contribution is 5.95. The molecular formula is C26H35N7O7. The monoisotopic (exact) mass is 557 g/mol. The maximum Gasteiger partial charge on any atom is 0.326 e. The zero-order valence-electron chi connectivity index (χ0n) is 21.9. The van der Waals surface area contributed by atoms with Crippen LogP contribution in [0.4, 0.5) is 0 Å². The molecule has 1 aromatic carbocycles. The fraction of sp³-hybridized carbons (Fsp3) is 0.462. The molecule has 1 aliphatic rings. The summed E-state index contributed by atoms with van der Waals surface area (Å²) in [7, 11) is 0. The number of carboxylic acids is 1. The maximum absolute atomic E-state index is 13.5. The van der Waals surface area contributed by atoms with Gasteiger partial charge in [-0.15, -0.1) is 0 Å². The van der Waals surface area contributed by atoms with Gasteiger partial charge in [0.05, 0.1) is 6.04 Å². The first-order valence-electron chi connectivity index (χ1n) is 13.0. The van der Waals surface area contributed by atoms with Crippen molar-refractivity contribution in [3.05, 3.63) is 36.0 Å². The SMILES string of the molecule is NC(=O)CCC(N)C(=O)NC(CCC(N)=O)C(=O)N1CCCC1C(=O)NC(Cc1c[nH]c2ccccc12)C(=O)O. The molecule has 14 heteroatoms. The molecule has 0 saturated carbocycles. The van der Waals surface area contributed by atoms with Crippen LogP contribution in [0.5, 0.6) is 0 Å². The molecule has 40 heavy (non-hydrogen) atoms. The fourth-order valence-electron chi connectivity index (χ4n) is 4.74. The summed E-state index contributed by atoms with van der Waals surface area (Å²) >= 11 is 0. The number of carboxylic acid groups (broad SMARTS) is 1. The maximum atomic E-state index is 13.5. The Bertz CT molecular complexity index is 1280. The third kappa shape index (κ3) is 7.79. The van der Waals surface area contributed by atoms with E-state index < -0.39 is 59.7 Å². The second-order valence-corrected chi connectivity index (χ2v) is 9.83. The number of rotatable bonds is 14. The van der Waals surface area contributed by atoms with Crippen LogP contribution in [-0.4, -0.2) is 81.2 Å². The number of primary amides is 2. The van der Waals surface area contributed by atoms with Crippen LogP contribution < -0.4 is 27.8 Å². The van der Waals surface area contributed by atoms with Crippen LogP contribution in [0.25, 0.3) is 10.9 Å². The summed E-state index contributed by atoms with van der Waals surface area (Å²) < 4.78 is 0. The Morgan fingerprint density at radius 1 is 1.00 bits per heavy atom. The number of carbonyl (C=O) groups excluding carboxylic acids is 5. The molecule has 2 heterocycles. The molecule has 1 fully saturated rings. The number of likely N-dealkylation sites (tertiary alicyclic amines) is 1. The first kappa shape index (κ1) is 30.1. The molecule has 14 nitrogen and oxygen atoms in total. The highest BCUT2D eigenvalue weighted by Gasteiger charge is 2.39. The topological polar surface area (TPSA) is 244 Å². The van der Waals surface area contributed by atoms with Crippen LogP contribution in [0.3, 0.4) is 0 Å². The van der Waals surface area contributed by atoms with Gasteiger partial charge in [-0.05, 0) is 37.3 Å². The van der Waals surface area contributed by atoms with E-state index in [1.807, 2.05) is 24.3 Å². The molecule has 1 aliphatic heterocycles. The highest BCUT2D eigenvalue weighted by Crippen LogP contribution is 2.22. The van der Waals surface area contributed by atoms with E-state index in [1.165, 1.54) is 4.90 Å². The molecule has 1 aromatic heterocycles. The second kappa shape index (κ2) is 13.6. The summed E-state index contributed by atoms with van der Waals surface area (Å²) in [5.41, 5.74) is 17.7. The van der Waals surface area contributed by atoms with Gasteiger partial charge < -0.3 is 42.8 Å². The fourth-order valence-corrected chi connectivity index (χ4v) is 4.74. The van der Waals surface area contributed by atoms with E-state index in [2.05, 4.69) is 15.6 Å². The zero-order chi connectivity index (χ0) is 29.4. The van der Waals surface area contributed by atoms with E-state index in [0.717, 1.165) is 10.9 Å². The number of nitrogens with one attached hydrogen (secondary N) is 3. The van der Waals surface area contributed by atoms with Gasteiger partial charge in [-0.2, -0.15) is 0 Å². The molecule has 2 aromatic rings. The van der Waals surface area contributed by atoms with Crippen molar-refractivity contribution < 1.29 is 33.9 Å². The second-order valence-electron chi connectivity index (χ2n) is 9.83. The van der Waals surface area contributed by atoms with Crippen LogP contribution in [0.1, 0.15) is 44.1 Å². The van der Waals surface area contributed by atoms with Gasteiger partial charge in [0.2, 0.25) is 29.5 Å². The van der Waals surface area contributed by atoms with Crippen LogP contribution >= 0.6 is 0 Å². The van der Waals surface area contributed by atoms with E-state index in [1.54, 1.807) is 6.20 Å². The number of carbonyl (C=O) groups is 6. The molecule has 0 spiro atoms. The Labute approximate surface area is 230 Å². The van der Waals surface area contributed by atoms with Crippen LogP contribution in [0.15, 0.2) is 30.5 Å². The predicted molar refractivity (Wildman–Crippen MR) is 143 cm³/mol. The number of hydrogen-bond acceptors (Lipinski definition) is 7. The summed E-state index contributed by atoms with van der Waals surface area (Å²) in [4.78, 5) is 78.1. The molecule has 3 rings (SSSR count). The number of fused-ring (bicyclic) bond motifs is 1. The Morgan fingerprint density at radius 3 is 2.35 bits per heavy atom. The number of amides is 5. The van der Waals surface area contributed by atoms with E-state index in [-0.39, 0.29) is 45.1 Å². The van der Waals surface area contributed by atoms with Crippen molar-refractivity contribution in [3.8, 4) is 0 Å². The van der Waals surface area contributed by atoms with E-state index in [4.69, 9.17) is 17.2 Å². The Balaban J connectivity index is 1.71. The van der Waals surface area contributed by atoms with Crippen molar-refractivity contribution >= 4 is 46.4 Å². The van der Waals surface area contributed by atoms with Crippen molar-refractivity contribution in [2.75, 3.05) is 6.54 Å². The molecule has 1 saturated heterocycles. The lowest BCUT2D eigenvalue weighted by molar-refractivity contribution is -0.145. The summed E-state index contributed by atoms with van der Waals surface area (Å²) in [5.74, 6) is -4.56. The molecule has 4 atom stereocenters. The van der Waals surface area contributed by atoms with Crippen LogP contribution in [0, 0.1) is 0 Å². The van der Waals surface area contributed by atoms with Crippen molar-refractivity contribution in [1.82, 2.24) is 20.5 Å². The first-order valence-corrected chi connectivity index (χ1v) is 13.0. The summed E-state index contributed by atoms with van der Waals surface area (Å²) in [6, 6.07) is 2.80. The molecule has 0 bridgehead atoms. The Kier molecular flexibility index (Phi) is 10.2. The van der Waals surface area contributed by atoms with Gasteiger partial charge in [0.15, 0.2) is 0 Å². The first-order chi connectivity index (χ1) is 19.0. The van der Waals surface area contributed by atoms with Crippen molar-refractivity contribution in [1.29, 1.82) is 0 Å². The number of nitrogens with two attached hydrogens (primary N) is 3. The normalized spacial score (nSPS) is 17.1. The van der Waals surface area contributed by atoms with Gasteiger partial charge in [-0.1, -0.05) is 18.2 Å². The number of H-pyrrole nitrogens is 1. The number of para-hydroxylation sites is 1. The number of aliphatic carboxylic acids is 1. The van der Waals surface area contributed by atoms with E-state index in [9.17, 15) is 33.9 Å². The smallest absolute Gasteiger partial charge is 0.326 e. The molecule has 216 valence electrons. The standard InChI is InChI=1S/C26H35N7O7/c27-16(7-9-21(28)34)23(36)31-18(8-10-22(29)35)25(38)33-11-3-6-20(33)24(37)32-19(26(39)40)12-14-13-30-17-5-2-1-4-15(14)17/h1-2,4-5,13,16,18-20,30H,3,6-12,27H2,(H2,28,34)(H2,29,35)(H,31,36)(H,32,37)(H,39,40). The number of aromatic nitrogens is 1. The molecule has 10 N–H and O–H groups in total. The predicted octanol–water partition coefficient (Wildman–Crippen LogP) is -1.39. The summed E-state index contributed by atoms with van der Waals surface area (Å²) in [6.07, 6.45) is 1.94. The minimum absolute atomic E-state index is 0.0201. The van der Waals surface area contributed by atoms with Crippen molar-refractivity contribution in [3.63, 3.8) is 0 Å². The third-order valence-electron chi connectivity index (χ3n) is 6.88. The van der Waals surface area contributed by atoms with Crippen molar-refractivity contribution in [2.24, 2.45) is 17.2 Å². The average molecular weight is 558 g/mol. The zero-order valence-corrected chi connectivity index (χ0v) is 21.9. The summed E-state index contributed by atoms with van der Waals surface area (Å²) in [6.45, 7) is 0.188. The van der Waals surface area contributed by atoms with Crippen LogP contribution in [-0.2, 0) is 35.2 Å². The minimum Gasteiger partial charge on any atom is -0.480 e. The lowest BCUT2D eigenvalue weighted by atomic mass is 10.0. The van der Waals surface area contributed by atoms with Crippen molar-refractivity contribution in [2.45, 2.75) is 69.1 Å². The van der Waals surface area contributed by atoms with Gasteiger partial charge in [0, 0.05) is 42.9 Å². The van der Waals surface area contributed by atoms with Gasteiger partial charge in [0.25, 0.3) is 0 Å². The molecule has 5 amide bonds. The number of nitrogens with zero attached hydrogens (tertiary/aromatic N) is 1. The minimum atomic E-state index is -1.25. The number of aromatic amines is 1. The lowest BCUT2D eigenvalue weighted by Crippen LogP contribution is -2.57. The Hall–Kier alpha value is -4.46. The average Bonchev–Trinajstić information content (AvgIpc) is 3.56. The van der Waals surface area contributed by atoms with E-state index in [0.29, 0.717) is 12.0 Å². The summed E-state index contributed by atoms with van der Waals surface area (Å²) in [5, 5.41) is 15.7. The van der Waals surface area contributed by atoms with Gasteiger partial charge in [-0.25, -0.2) is 4.79 Å². The number of hydrogen-bond donors (Lipinski definition) is 7. The lowest BCUT2D eigenvalue weighted by Gasteiger charge is -2.30.